The molecule has 0 amide bonds. The molecule has 0 spiro atoms. The third kappa shape index (κ3) is 2.39. The number of alkyl halides is 3. The van der Waals surface area contributed by atoms with Crippen LogP contribution in [0.2, 0.25) is 0 Å². The van der Waals surface area contributed by atoms with E-state index in [4.69, 9.17) is 4.74 Å². The summed E-state index contributed by atoms with van der Waals surface area (Å²) in [6, 6.07) is 7.13. The van der Waals surface area contributed by atoms with E-state index < -0.39 is 11.7 Å². The number of halogens is 4. The van der Waals surface area contributed by atoms with Gasteiger partial charge in [-0.1, -0.05) is 22.0 Å². The second-order valence-electron chi connectivity index (χ2n) is 3.54. The van der Waals surface area contributed by atoms with E-state index in [1.165, 1.54) is 7.11 Å². The van der Waals surface area contributed by atoms with Gasteiger partial charge in [0.2, 0.25) is 0 Å². The van der Waals surface area contributed by atoms with Gasteiger partial charge >= 0.3 is 6.18 Å². The number of benzene rings is 2. The Hall–Kier alpha value is -1.23. The van der Waals surface area contributed by atoms with Gasteiger partial charge in [-0.2, -0.15) is 13.2 Å². The fourth-order valence-corrected chi connectivity index (χ4v) is 2.17. The van der Waals surface area contributed by atoms with Crippen molar-refractivity contribution in [1.82, 2.24) is 0 Å². The highest BCUT2D eigenvalue weighted by molar-refractivity contribution is 9.10. The molecule has 17 heavy (non-hydrogen) atoms. The van der Waals surface area contributed by atoms with Gasteiger partial charge in [-0.15, -0.1) is 0 Å². The van der Waals surface area contributed by atoms with Crippen LogP contribution in [0.1, 0.15) is 5.56 Å². The highest BCUT2D eigenvalue weighted by atomic mass is 79.9. The molecule has 0 heterocycles. The molecule has 0 aromatic heterocycles. The average Bonchev–Trinajstić information content (AvgIpc) is 2.27. The quantitative estimate of drug-likeness (QED) is 0.746. The minimum Gasteiger partial charge on any atom is -0.497 e. The Morgan fingerprint density at radius 3 is 2.41 bits per heavy atom. The molecule has 90 valence electrons. The van der Waals surface area contributed by atoms with E-state index in [-0.39, 0.29) is 0 Å². The van der Waals surface area contributed by atoms with Gasteiger partial charge in [-0.3, -0.25) is 0 Å². The molecule has 0 saturated carbocycles. The zero-order chi connectivity index (χ0) is 12.6. The molecule has 0 N–H and O–H groups in total. The third-order valence-electron chi connectivity index (χ3n) is 2.44. The molecule has 0 bridgehead atoms. The first-order chi connectivity index (χ1) is 7.91. The molecule has 0 unspecified atom stereocenters. The van der Waals surface area contributed by atoms with Gasteiger partial charge in [0.15, 0.2) is 0 Å². The van der Waals surface area contributed by atoms with E-state index >= 15 is 0 Å². The number of methoxy groups -OCH3 is 1. The van der Waals surface area contributed by atoms with Crippen molar-refractivity contribution in [2.75, 3.05) is 7.11 Å². The van der Waals surface area contributed by atoms with E-state index in [1.807, 2.05) is 0 Å². The van der Waals surface area contributed by atoms with E-state index in [2.05, 4.69) is 15.9 Å². The van der Waals surface area contributed by atoms with Crippen molar-refractivity contribution in [3.05, 3.63) is 40.4 Å². The maximum atomic E-state index is 12.6. The number of hydrogen-bond donors (Lipinski definition) is 0. The summed E-state index contributed by atoms with van der Waals surface area (Å²) in [6.07, 6.45) is -4.34. The SMILES string of the molecule is COc1ccc2cc(C(F)(F)F)cc(Br)c2c1. The van der Waals surface area contributed by atoms with E-state index in [0.717, 1.165) is 12.1 Å². The molecule has 0 radical (unpaired) electrons. The maximum absolute atomic E-state index is 12.6. The minimum absolute atomic E-state index is 0.404. The van der Waals surface area contributed by atoms with Crippen molar-refractivity contribution in [2.24, 2.45) is 0 Å². The largest absolute Gasteiger partial charge is 0.497 e. The lowest BCUT2D eigenvalue weighted by Gasteiger charge is -2.10. The standard InChI is InChI=1S/C12H8BrF3O/c1-17-9-3-2-7-4-8(12(14,15)16)5-11(13)10(7)6-9/h2-6H,1H3. The average molecular weight is 305 g/mol. The van der Waals surface area contributed by atoms with Gasteiger partial charge in [-0.25, -0.2) is 0 Å². The molecule has 0 atom stereocenters. The number of rotatable bonds is 1. The van der Waals surface area contributed by atoms with Crippen LogP contribution in [0.4, 0.5) is 13.2 Å². The van der Waals surface area contributed by atoms with Gasteiger partial charge in [0, 0.05) is 4.47 Å². The monoisotopic (exact) mass is 304 g/mol. The van der Waals surface area contributed by atoms with Crippen LogP contribution in [0.5, 0.6) is 5.75 Å². The highest BCUT2D eigenvalue weighted by Crippen LogP contribution is 2.36. The van der Waals surface area contributed by atoms with Crippen molar-refractivity contribution < 1.29 is 17.9 Å². The molecule has 0 aliphatic carbocycles. The second-order valence-corrected chi connectivity index (χ2v) is 4.40. The molecule has 2 aromatic rings. The summed E-state index contributed by atoms with van der Waals surface area (Å²) >= 11 is 3.15. The minimum atomic E-state index is -4.34. The molecule has 2 aromatic carbocycles. The number of hydrogen-bond acceptors (Lipinski definition) is 1. The maximum Gasteiger partial charge on any atom is 0.416 e. The van der Waals surface area contributed by atoms with Crippen LogP contribution in [-0.2, 0) is 6.18 Å². The summed E-state index contributed by atoms with van der Waals surface area (Å²) in [5, 5.41) is 1.21. The van der Waals surface area contributed by atoms with Crippen LogP contribution in [0.25, 0.3) is 10.8 Å². The molecule has 2 rings (SSSR count). The van der Waals surface area contributed by atoms with Crippen molar-refractivity contribution >= 4 is 26.7 Å². The molecule has 0 saturated heterocycles. The Kier molecular flexibility index (Phi) is 3.03. The van der Waals surface area contributed by atoms with Crippen LogP contribution >= 0.6 is 15.9 Å². The summed E-state index contributed by atoms with van der Waals surface area (Å²) in [5.41, 5.74) is -0.665. The fraction of sp³-hybridized carbons (Fsp3) is 0.167. The Bertz CT molecular complexity index is 563. The Morgan fingerprint density at radius 1 is 1.12 bits per heavy atom. The topological polar surface area (TPSA) is 9.23 Å². The van der Waals surface area contributed by atoms with Crippen LogP contribution in [0, 0.1) is 0 Å². The lowest BCUT2D eigenvalue weighted by molar-refractivity contribution is -0.137. The van der Waals surface area contributed by atoms with E-state index in [1.54, 1.807) is 18.2 Å². The molecular weight excluding hydrogens is 297 g/mol. The molecular formula is C12H8BrF3O. The fourth-order valence-electron chi connectivity index (χ4n) is 1.58. The number of fused-ring (bicyclic) bond motifs is 1. The Labute approximate surface area is 104 Å². The summed E-state index contributed by atoms with van der Waals surface area (Å²) < 4.78 is 43.2. The van der Waals surface area contributed by atoms with Gasteiger partial charge in [0.25, 0.3) is 0 Å². The lowest BCUT2D eigenvalue weighted by atomic mass is 10.1. The first-order valence-electron chi connectivity index (χ1n) is 4.76. The Morgan fingerprint density at radius 2 is 1.82 bits per heavy atom. The summed E-state index contributed by atoms with van der Waals surface area (Å²) in [5.74, 6) is 0.609. The third-order valence-corrected chi connectivity index (χ3v) is 3.09. The second kappa shape index (κ2) is 4.22. The molecule has 1 nitrogen and oxygen atoms in total. The van der Waals surface area contributed by atoms with Crippen molar-refractivity contribution in [2.45, 2.75) is 6.18 Å². The molecule has 5 heteroatoms. The lowest BCUT2D eigenvalue weighted by Crippen LogP contribution is -2.04. The summed E-state index contributed by atoms with van der Waals surface area (Å²) in [7, 11) is 1.51. The predicted octanol–water partition coefficient (Wildman–Crippen LogP) is 4.63. The van der Waals surface area contributed by atoms with Crippen molar-refractivity contribution in [3.63, 3.8) is 0 Å². The Balaban J connectivity index is 2.68. The highest BCUT2D eigenvalue weighted by Gasteiger charge is 2.31. The van der Waals surface area contributed by atoms with Crippen molar-refractivity contribution in [3.8, 4) is 5.75 Å². The van der Waals surface area contributed by atoms with Gasteiger partial charge in [-0.05, 0) is 35.0 Å². The predicted molar refractivity (Wildman–Crippen MR) is 63.2 cm³/mol. The van der Waals surface area contributed by atoms with Gasteiger partial charge < -0.3 is 4.74 Å². The van der Waals surface area contributed by atoms with Crippen LogP contribution in [-0.4, -0.2) is 7.11 Å². The first-order valence-corrected chi connectivity index (χ1v) is 5.55. The zero-order valence-electron chi connectivity index (χ0n) is 8.81. The molecule has 0 aliphatic heterocycles. The van der Waals surface area contributed by atoms with Crippen LogP contribution in [0.3, 0.4) is 0 Å². The normalized spacial score (nSPS) is 11.8. The van der Waals surface area contributed by atoms with Crippen molar-refractivity contribution in [1.29, 1.82) is 0 Å². The van der Waals surface area contributed by atoms with Gasteiger partial charge in [0.1, 0.15) is 5.75 Å². The van der Waals surface area contributed by atoms with E-state index in [9.17, 15) is 13.2 Å². The van der Waals surface area contributed by atoms with E-state index in [0.29, 0.717) is 21.0 Å². The summed E-state index contributed by atoms with van der Waals surface area (Å²) in [4.78, 5) is 0. The number of ether oxygens (including phenoxy) is 1. The molecule has 0 fully saturated rings. The van der Waals surface area contributed by atoms with Crippen LogP contribution in [0.15, 0.2) is 34.8 Å². The summed E-state index contributed by atoms with van der Waals surface area (Å²) in [6.45, 7) is 0. The van der Waals surface area contributed by atoms with Crippen LogP contribution < -0.4 is 4.74 Å². The molecule has 0 aliphatic rings. The first kappa shape index (κ1) is 12.2. The smallest absolute Gasteiger partial charge is 0.416 e. The van der Waals surface area contributed by atoms with Gasteiger partial charge in [0.05, 0.1) is 12.7 Å². The zero-order valence-corrected chi connectivity index (χ0v) is 10.4.